The molecule has 3 rings (SSSR count). The minimum atomic E-state index is -0.110. The Hall–Kier alpha value is -1.88. The number of rotatable bonds is 10. The van der Waals surface area contributed by atoms with Crippen molar-refractivity contribution in [3.05, 3.63) is 70.7 Å². The van der Waals surface area contributed by atoms with E-state index in [0.717, 1.165) is 62.3 Å². The number of carbonyl (C=O) groups is 1. The van der Waals surface area contributed by atoms with Crippen LogP contribution in [-0.4, -0.2) is 43.7 Å². The lowest BCUT2D eigenvalue weighted by molar-refractivity contribution is -0.140. The van der Waals surface area contributed by atoms with E-state index in [9.17, 15) is 4.79 Å². The van der Waals surface area contributed by atoms with Crippen LogP contribution in [0.15, 0.2) is 54.6 Å². The van der Waals surface area contributed by atoms with Gasteiger partial charge in [0.1, 0.15) is 6.10 Å². The first-order chi connectivity index (χ1) is 14.7. The fraction of sp³-hybridized carbons (Fsp3) is 0.480. The van der Waals surface area contributed by atoms with Crippen molar-refractivity contribution < 1.29 is 14.3 Å². The van der Waals surface area contributed by atoms with Crippen LogP contribution in [-0.2, 0) is 14.3 Å². The van der Waals surface area contributed by atoms with Gasteiger partial charge in [0.2, 0.25) is 0 Å². The average Bonchev–Trinajstić information content (AvgIpc) is 2.79. The van der Waals surface area contributed by atoms with Crippen molar-refractivity contribution in [2.45, 2.75) is 50.7 Å². The summed E-state index contributed by atoms with van der Waals surface area (Å²) in [5.74, 6) is -0.110. The monoisotopic (exact) mass is 429 g/mol. The van der Waals surface area contributed by atoms with E-state index in [4.69, 9.17) is 21.1 Å². The van der Waals surface area contributed by atoms with E-state index in [1.807, 2.05) is 18.2 Å². The van der Waals surface area contributed by atoms with E-state index in [1.54, 1.807) is 0 Å². The molecular weight excluding hydrogens is 398 g/mol. The highest BCUT2D eigenvalue weighted by molar-refractivity contribution is 6.30. The predicted octanol–water partition coefficient (Wildman–Crippen LogP) is 5.64. The standard InChI is InChI=1S/C25H32ClNO3/c1-29-24(28)10-6-3-7-17-27-18-15-23(16-19-27)30-25(20-8-4-2-5-9-20)21-11-13-22(26)14-12-21/h2,4-5,8-9,11-14,23,25H,3,6-7,10,15-19H2,1H3. The van der Waals surface area contributed by atoms with Gasteiger partial charge in [0.15, 0.2) is 0 Å². The number of piperidine rings is 1. The number of carbonyl (C=O) groups excluding carboxylic acids is 1. The van der Waals surface area contributed by atoms with Gasteiger partial charge >= 0.3 is 5.97 Å². The molecule has 1 saturated heterocycles. The van der Waals surface area contributed by atoms with E-state index < -0.39 is 0 Å². The second kappa shape index (κ2) is 12.1. The maximum absolute atomic E-state index is 11.2. The number of halogens is 1. The number of ether oxygens (including phenoxy) is 2. The zero-order chi connectivity index (χ0) is 21.2. The topological polar surface area (TPSA) is 38.8 Å². The van der Waals surface area contributed by atoms with Crippen molar-refractivity contribution in [3.8, 4) is 0 Å². The maximum Gasteiger partial charge on any atom is 0.305 e. The summed E-state index contributed by atoms with van der Waals surface area (Å²) in [5, 5.41) is 0.741. The summed E-state index contributed by atoms with van der Waals surface area (Å²) in [5.41, 5.74) is 2.31. The Morgan fingerprint density at radius 2 is 1.67 bits per heavy atom. The van der Waals surface area contributed by atoms with E-state index in [0.29, 0.717) is 6.42 Å². The smallest absolute Gasteiger partial charge is 0.305 e. The van der Waals surface area contributed by atoms with Gasteiger partial charge in [-0.2, -0.15) is 0 Å². The van der Waals surface area contributed by atoms with Gasteiger partial charge in [-0.25, -0.2) is 0 Å². The summed E-state index contributed by atoms with van der Waals surface area (Å²) >= 11 is 6.09. The molecule has 0 aliphatic carbocycles. The first kappa shape index (κ1) is 22.8. The second-order valence-electron chi connectivity index (χ2n) is 7.91. The normalized spacial score (nSPS) is 16.3. The summed E-state index contributed by atoms with van der Waals surface area (Å²) in [7, 11) is 1.45. The van der Waals surface area contributed by atoms with E-state index in [2.05, 4.69) is 41.3 Å². The molecule has 1 fully saturated rings. The molecule has 0 spiro atoms. The van der Waals surface area contributed by atoms with E-state index in [-0.39, 0.29) is 18.2 Å². The molecule has 1 aliphatic heterocycles. The number of esters is 1. The molecule has 1 aliphatic rings. The summed E-state index contributed by atoms with van der Waals surface area (Å²) in [6, 6.07) is 18.4. The van der Waals surface area contributed by atoms with Crippen LogP contribution in [0.4, 0.5) is 0 Å². The van der Waals surface area contributed by atoms with Crippen LogP contribution in [0.3, 0.4) is 0 Å². The molecule has 0 aromatic heterocycles. The number of methoxy groups -OCH3 is 1. The summed E-state index contributed by atoms with van der Waals surface area (Å²) in [6.45, 7) is 3.21. The Bertz CT molecular complexity index is 758. The Balaban J connectivity index is 1.48. The SMILES string of the molecule is COC(=O)CCCCCN1CCC(OC(c2ccccc2)c2ccc(Cl)cc2)CC1. The van der Waals surface area contributed by atoms with E-state index in [1.165, 1.54) is 12.7 Å². The van der Waals surface area contributed by atoms with Crippen LogP contribution < -0.4 is 0 Å². The zero-order valence-corrected chi connectivity index (χ0v) is 18.5. The van der Waals surface area contributed by atoms with Crippen molar-refractivity contribution in [1.29, 1.82) is 0 Å². The van der Waals surface area contributed by atoms with Gasteiger partial charge in [-0.1, -0.05) is 60.5 Å². The van der Waals surface area contributed by atoms with Gasteiger partial charge in [0, 0.05) is 24.5 Å². The fourth-order valence-electron chi connectivity index (χ4n) is 3.96. The highest BCUT2D eigenvalue weighted by Crippen LogP contribution is 2.30. The molecule has 0 radical (unpaired) electrons. The number of unbranched alkanes of at least 4 members (excludes halogenated alkanes) is 2. The van der Waals surface area contributed by atoms with Gasteiger partial charge in [-0.05, 0) is 55.5 Å². The molecule has 0 bridgehead atoms. The Labute approximate surface area is 185 Å². The van der Waals surface area contributed by atoms with E-state index >= 15 is 0 Å². The number of hydrogen-bond donors (Lipinski definition) is 0. The molecular formula is C25H32ClNO3. The second-order valence-corrected chi connectivity index (χ2v) is 8.34. The van der Waals surface area contributed by atoms with Crippen LogP contribution in [0.1, 0.15) is 55.8 Å². The molecule has 1 heterocycles. The third-order valence-electron chi connectivity index (χ3n) is 5.72. The quantitative estimate of drug-likeness (QED) is 0.361. The first-order valence-electron chi connectivity index (χ1n) is 10.9. The van der Waals surface area contributed by atoms with Crippen molar-refractivity contribution in [2.75, 3.05) is 26.7 Å². The zero-order valence-electron chi connectivity index (χ0n) is 17.8. The summed E-state index contributed by atoms with van der Waals surface area (Å²) < 4.78 is 11.3. The lowest BCUT2D eigenvalue weighted by Crippen LogP contribution is -2.38. The lowest BCUT2D eigenvalue weighted by Gasteiger charge is -2.34. The first-order valence-corrected chi connectivity index (χ1v) is 11.3. The molecule has 162 valence electrons. The van der Waals surface area contributed by atoms with Crippen molar-refractivity contribution >= 4 is 17.6 Å². The molecule has 5 heteroatoms. The molecule has 0 N–H and O–H groups in total. The van der Waals surface area contributed by atoms with Gasteiger partial charge in [0.25, 0.3) is 0 Å². The van der Waals surface area contributed by atoms with Gasteiger partial charge in [-0.3, -0.25) is 4.79 Å². The third-order valence-corrected chi connectivity index (χ3v) is 5.97. The maximum atomic E-state index is 11.2. The minimum absolute atomic E-state index is 0.0710. The van der Waals surface area contributed by atoms with Gasteiger partial charge in [0.05, 0.1) is 13.2 Å². The molecule has 0 saturated carbocycles. The lowest BCUT2D eigenvalue weighted by atomic mass is 10.00. The number of benzene rings is 2. The van der Waals surface area contributed by atoms with Gasteiger partial charge in [-0.15, -0.1) is 0 Å². The minimum Gasteiger partial charge on any atom is -0.469 e. The number of likely N-dealkylation sites (tertiary alicyclic amines) is 1. The van der Waals surface area contributed by atoms with Crippen molar-refractivity contribution in [1.82, 2.24) is 4.90 Å². The van der Waals surface area contributed by atoms with Crippen LogP contribution in [0.5, 0.6) is 0 Å². The van der Waals surface area contributed by atoms with Crippen molar-refractivity contribution in [2.24, 2.45) is 0 Å². The third kappa shape index (κ3) is 7.12. The molecule has 4 nitrogen and oxygen atoms in total. The fourth-order valence-corrected chi connectivity index (χ4v) is 4.09. The summed E-state index contributed by atoms with van der Waals surface area (Å²) in [6.07, 6.45) is 5.89. The molecule has 2 aromatic rings. The largest absolute Gasteiger partial charge is 0.469 e. The molecule has 1 unspecified atom stereocenters. The summed E-state index contributed by atoms with van der Waals surface area (Å²) in [4.78, 5) is 13.7. The van der Waals surface area contributed by atoms with Crippen LogP contribution >= 0.6 is 11.6 Å². The Morgan fingerprint density at radius 3 is 2.33 bits per heavy atom. The van der Waals surface area contributed by atoms with Crippen LogP contribution in [0, 0.1) is 0 Å². The predicted molar refractivity (Wildman–Crippen MR) is 121 cm³/mol. The Kier molecular flexibility index (Phi) is 9.19. The Morgan fingerprint density at radius 1 is 1.00 bits per heavy atom. The van der Waals surface area contributed by atoms with Gasteiger partial charge < -0.3 is 14.4 Å². The van der Waals surface area contributed by atoms with Crippen LogP contribution in [0.2, 0.25) is 5.02 Å². The highest BCUT2D eigenvalue weighted by atomic mass is 35.5. The van der Waals surface area contributed by atoms with Crippen molar-refractivity contribution in [3.63, 3.8) is 0 Å². The average molecular weight is 430 g/mol. The highest BCUT2D eigenvalue weighted by Gasteiger charge is 2.24. The molecule has 1 atom stereocenters. The van der Waals surface area contributed by atoms with Crippen LogP contribution in [0.25, 0.3) is 0 Å². The molecule has 0 amide bonds. The molecule has 2 aromatic carbocycles. The molecule has 30 heavy (non-hydrogen) atoms. The number of nitrogens with zero attached hydrogens (tertiary/aromatic N) is 1. The number of hydrogen-bond acceptors (Lipinski definition) is 4.